The van der Waals surface area contributed by atoms with Crippen molar-refractivity contribution < 1.29 is 14.3 Å². The van der Waals surface area contributed by atoms with Crippen LogP contribution >= 0.6 is 11.6 Å². The Labute approximate surface area is 174 Å². The van der Waals surface area contributed by atoms with Gasteiger partial charge in [0.15, 0.2) is 6.61 Å². The van der Waals surface area contributed by atoms with E-state index in [1.165, 1.54) is 0 Å². The molecule has 1 heterocycles. The lowest BCUT2D eigenvalue weighted by atomic mass is 10.1. The van der Waals surface area contributed by atoms with Gasteiger partial charge in [-0.25, -0.2) is 9.48 Å². The Balaban J connectivity index is 1.49. The predicted molar refractivity (Wildman–Crippen MR) is 111 cm³/mol. The minimum Gasteiger partial charge on any atom is -0.452 e. The van der Waals surface area contributed by atoms with E-state index in [0.29, 0.717) is 17.1 Å². The molecule has 0 aliphatic carbocycles. The number of ether oxygens (including phenoxy) is 1. The number of amides is 1. The number of halogens is 1. The van der Waals surface area contributed by atoms with Crippen LogP contribution in [0.1, 0.15) is 27.3 Å². The first-order valence-electron chi connectivity index (χ1n) is 9.25. The van der Waals surface area contributed by atoms with Crippen LogP contribution in [0, 0.1) is 13.8 Å². The molecule has 0 saturated carbocycles. The van der Waals surface area contributed by atoms with Crippen molar-refractivity contribution in [1.29, 1.82) is 0 Å². The van der Waals surface area contributed by atoms with Gasteiger partial charge >= 0.3 is 5.97 Å². The molecule has 0 atom stereocenters. The topological polar surface area (TPSA) is 73.2 Å². The Hall–Kier alpha value is -3.12. The number of nitrogens with zero attached hydrogens (tertiary/aromatic N) is 2. The van der Waals surface area contributed by atoms with Crippen molar-refractivity contribution in [2.75, 3.05) is 13.2 Å². The average Bonchev–Trinajstić information content (AvgIpc) is 3.00. The largest absolute Gasteiger partial charge is 0.452 e. The van der Waals surface area contributed by atoms with Gasteiger partial charge in [-0.05, 0) is 50.1 Å². The molecule has 0 saturated heterocycles. The SMILES string of the molecule is Cc1nn(-c2ccc(C(=O)OCC(=O)NCCc3ccccc3)cc2)c(C)c1Cl. The van der Waals surface area contributed by atoms with Crippen molar-refractivity contribution in [2.45, 2.75) is 20.3 Å². The van der Waals surface area contributed by atoms with Crippen molar-refractivity contribution in [3.05, 3.63) is 82.1 Å². The number of carbonyl (C=O) groups is 2. The molecule has 1 aromatic heterocycles. The highest BCUT2D eigenvalue weighted by atomic mass is 35.5. The normalized spacial score (nSPS) is 10.6. The number of rotatable bonds is 7. The summed E-state index contributed by atoms with van der Waals surface area (Å²) in [4.78, 5) is 24.0. The smallest absolute Gasteiger partial charge is 0.338 e. The molecule has 0 radical (unpaired) electrons. The lowest BCUT2D eigenvalue weighted by Crippen LogP contribution is -2.30. The van der Waals surface area contributed by atoms with E-state index in [4.69, 9.17) is 16.3 Å². The number of aryl methyl sites for hydroxylation is 1. The zero-order valence-corrected chi connectivity index (χ0v) is 17.1. The van der Waals surface area contributed by atoms with Crippen molar-refractivity contribution in [2.24, 2.45) is 0 Å². The molecule has 3 aromatic rings. The summed E-state index contributed by atoms with van der Waals surface area (Å²) in [6.07, 6.45) is 0.721. The van der Waals surface area contributed by atoms with Gasteiger partial charge in [0.2, 0.25) is 0 Å². The Morgan fingerprint density at radius 3 is 2.38 bits per heavy atom. The van der Waals surface area contributed by atoms with Crippen LogP contribution in [0.5, 0.6) is 0 Å². The van der Waals surface area contributed by atoms with Gasteiger partial charge in [-0.3, -0.25) is 4.79 Å². The van der Waals surface area contributed by atoms with Crippen molar-refractivity contribution >= 4 is 23.5 Å². The van der Waals surface area contributed by atoms with Gasteiger partial charge < -0.3 is 10.1 Å². The van der Waals surface area contributed by atoms with E-state index in [9.17, 15) is 9.59 Å². The molecule has 7 heteroatoms. The summed E-state index contributed by atoms with van der Waals surface area (Å²) < 4.78 is 6.81. The highest BCUT2D eigenvalue weighted by Crippen LogP contribution is 2.22. The zero-order valence-electron chi connectivity index (χ0n) is 16.3. The molecule has 2 aromatic carbocycles. The first-order chi connectivity index (χ1) is 14.0. The second-order valence-electron chi connectivity index (χ2n) is 6.61. The summed E-state index contributed by atoms with van der Waals surface area (Å²) in [6, 6.07) is 16.6. The quantitative estimate of drug-likeness (QED) is 0.602. The first-order valence-corrected chi connectivity index (χ1v) is 9.63. The molecule has 0 aliphatic heterocycles. The van der Waals surface area contributed by atoms with Gasteiger partial charge in [0.1, 0.15) is 0 Å². The molecule has 0 aliphatic rings. The van der Waals surface area contributed by atoms with Crippen molar-refractivity contribution in [3.63, 3.8) is 0 Å². The third-order valence-electron chi connectivity index (χ3n) is 4.46. The Kier molecular flexibility index (Phi) is 6.67. The molecule has 0 bridgehead atoms. The summed E-state index contributed by atoms with van der Waals surface area (Å²) in [5, 5.41) is 7.74. The number of nitrogens with one attached hydrogen (secondary N) is 1. The maximum atomic E-state index is 12.2. The van der Waals surface area contributed by atoms with E-state index in [-0.39, 0.29) is 12.5 Å². The molecule has 6 nitrogen and oxygen atoms in total. The van der Waals surface area contributed by atoms with Gasteiger partial charge in [0, 0.05) is 6.54 Å². The monoisotopic (exact) mass is 411 g/mol. The number of carbonyl (C=O) groups excluding carboxylic acids is 2. The van der Waals surface area contributed by atoms with Crippen LogP contribution in [-0.4, -0.2) is 34.8 Å². The molecule has 29 heavy (non-hydrogen) atoms. The minimum atomic E-state index is -0.554. The zero-order chi connectivity index (χ0) is 20.8. The molecular weight excluding hydrogens is 390 g/mol. The van der Waals surface area contributed by atoms with Gasteiger partial charge in [-0.15, -0.1) is 0 Å². The van der Waals surface area contributed by atoms with Crippen LogP contribution in [-0.2, 0) is 16.0 Å². The third-order valence-corrected chi connectivity index (χ3v) is 5.01. The molecule has 0 unspecified atom stereocenters. The third kappa shape index (κ3) is 5.23. The van der Waals surface area contributed by atoms with Crippen LogP contribution in [0.15, 0.2) is 54.6 Å². The van der Waals surface area contributed by atoms with Crippen LogP contribution < -0.4 is 5.32 Å². The second kappa shape index (κ2) is 9.39. The summed E-state index contributed by atoms with van der Waals surface area (Å²) >= 11 is 6.18. The summed E-state index contributed by atoms with van der Waals surface area (Å²) in [7, 11) is 0. The molecule has 1 N–H and O–H groups in total. The number of hydrogen-bond donors (Lipinski definition) is 1. The maximum Gasteiger partial charge on any atom is 0.338 e. The number of aromatic nitrogens is 2. The van der Waals surface area contributed by atoms with E-state index in [2.05, 4.69) is 10.4 Å². The molecular formula is C22H22ClN3O3. The Morgan fingerprint density at radius 1 is 1.07 bits per heavy atom. The van der Waals surface area contributed by atoms with Gasteiger partial charge in [-0.1, -0.05) is 41.9 Å². The Bertz CT molecular complexity index is 998. The number of hydrogen-bond acceptors (Lipinski definition) is 4. The van der Waals surface area contributed by atoms with Crippen LogP contribution in [0.3, 0.4) is 0 Å². The standard InChI is InChI=1S/C22H22ClN3O3/c1-15-21(23)16(2)26(25-15)19-10-8-18(9-11-19)22(28)29-14-20(27)24-13-12-17-6-4-3-5-7-17/h3-11H,12-14H2,1-2H3,(H,24,27). The highest BCUT2D eigenvalue weighted by molar-refractivity contribution is 6.31. The summed E-state index contributed by atoms with van der Waals surface area (Å²) in [5.41, 5.74) is 3.84. The van der Waals surface area contributed by atoms with Crippen LogP contribution in [0.25, 0.3) is 5.69 Å². The van der Waals surface area contributed by atoms with E-state index in [0.717, 1.165) is 29.1 Å². The molecule has 0 spiro atoms. The molecule has 150 valence electrons. The predicted octanol–water partition coefficient (Wildman–Crippen LogP) is 3.66. The molecule has 1 amide bonds. The van der Waals surface area contributed by atoms with Gasteiger partial charge in [0.05, 0.1) is 27.7 Å². The van der Waals surface area contributed by atoms with E-state index in [1.807, 2.05) is 44.2 Å². The fourth-order valence-electron chi connectivity index (χ4n) is 2.87. The Morgan fingerprint density at radius 2 is 1.76 bits per heavy atom. The lowest BCUT2D eigenvalue weighted by Gasteiger charge is -2.08. The minimum absolute atomic E-state index is 0.317. The van der Waals surface area contributed by atoms with E-state index in [1.54, 1.807) is 28.9 Å². The van der Waals surface area contributed by atoms with Crippen LogP contribution in [0.4, 0.5) is 0 Å². The highest BCUT2D eigenvalue weighted by Gasteiger charge is 2.13. The average molecular weight is 412 g/mol. The fourth-order valence-corrected chi connectivity index (χ4v) is 2.99. The summed E-state index contributed by atoms with van der Waals surface area (Å²) in [6.45, 7) is 3.88. The molecule has 0 fully saturated rings. The number of benzene rings is 2. The fraction of sp³-hybridized carbons (Fsp3) is 0.227. The van der Waals surface area contributed by atoms with Gasteiger partial charge in [-0.2, -0.15) is 5.10 Å². The van der Waals surface area contributed by atoms with Gasteiger partial charge in [0.25, 0.3) is 5.91 Å². The first kappa shape index (κ1) is 20.6. The van der Waals surface area contributed by atoms with E-state index < -0.39 is 5.97 Å². The maximum absolute atomic E-state index is 12.2. The van der Waals surface area contributed by atoms with E-state index >= 15 is 0 Å². The number of esters is 1. The van der Waals surface area contributed by atoms with Crippen molar-refractivity contribution in [3.8, 4) is 5.69 Å². The van der Waals surface area contributed by atoms with Crippen molar-refractivity contribution in [1.82, 2.24) is 15.1 Å². The second-order valence-corrected chi connectivity index (χ2v) is 6.98. The summed E-state index contributed by atoms with van der Waals surface area (Å²) in [5.74, 6) is -0.885. The lowest BCUT2D eigenvalue weighted by molar-refractivity contribution is -0.124. The van der Waals surface area contributed by atoms with Crippen LogP contribution in [0.2, 0.25) is 5.02 Å². The molecule has 3 rings (SSSR count).